The van der Waals surface area contributed by atoms with Crippen LogP contribution in [0.5, 0.6) is 0 Å². The summed E-state index contributed by atoms with van der Waals surface area (Å²) in [5.41, 5.74) is 3.89. The molecule has 1 fully saturated rings. The van der Waals surface area contributed by atoms with Gasteiger partial charge in [0.2, 0.25) is 5.91 Å². The van der Waals surface area contributed by atoms with E-state index in [2.05, 4.69) is 0 Å². The van der Waals surface area contributed by atoms with Gasteiger partial charge in [0.05, 0.1) is 0 Å². The molecule has 8 heteroatoms. The summed E-state index contributed by atoms with van der Waals surface area (Å²) in [5.74, 6) is -0.247. The second-order valence-corrected chi connectivity index (χ2v) is 9.66. The van der Waals surface area contributed by atoms with Gasteiger partial charge in [-0.25, -0.2) is 4.79 Å². The van der Waals surface area contributed by atoms with Gasteiger partial charge in [0, 0.05) is 49.3 Å². The number of imide groups is 1. The quantitative estimate of drug-likeness (QED) is 0.677. The molecule has 0 atom stereocenters. The summed E-state index contributed by atoms with van der Waals surface area (Å²) < 4.78 is 0. The van der Waals surface area contributed by atoms with Crippen LogP contribution in [0.1, 0.15) is 35.3 Å². The average Bonchev–Trinajstić information content (AvgIpc) is 3.19. The molecule has 1 saturated heterocycles. The van der Waals surface area contributed by atoms with Gasteiger partial charge in [-0.05, 0) is 40.5 Å². The Morgan fingerprint density at radius 3 is 2.31 bits per heavy atom. The molecule has 0 unspecified atom stereocenters. The highest BCUT2D eigenvalue weighted by atomic mass is 35.5. The third-order valence-corrected chi connectivity index (χ3v) is 6.39. The van der Waals surface area contributed by atoms with Crippen LogP contribution in [0, 0.1) is 5.41 Å². The molecule has 2 aromatic carbocycles. The summed E-state index contributed by atoms with van der Waals surface area (Å²) in [4.78, 5) is 40.9. The minimum atomic E-state index is -0.361. The van der Waals surface area contributed by atoms with E-state index < -0.39 is 0 Å². The predicted molar refractivity (Wildman–Crippen MR) is 121 cm³/mol. The molecule has 1 N–H and O–H groups in total. The number of amides is 4. The standard InChI is InChI=1S/C24H26ClN3O4/c1-24(2,14-29)13-28-11-18-8-15(6-7-19(18)22(28)31)16-4-5-17(20(25)9-16)10-27-12-21(30)26(3)23(27)32/h4-9,29H,10-14H2,1-3H3. The van der Waals surface area contributed by atoms with Crippen molar-refractivity contribution in [1.82, 2.24) is 14.7 Å². The van der Waals surface area contributed by atoms with E-state index in [1.807, 2.05) is 50.2 Å². The van der Waals surface area contributed by atoms with Gasteiger partial charge in [-0.2, -0.15) is 0 Å². The molecule has 2 heterocycles. The highest BCUT2D eigenvalue weighted by Gasteiger charge is 2.33. The van der Waals surface area contributed by atoms with Crippen molar-refractivity contribution in [2.75, 3.05) is 26.7 Å². The van der Waals surface area contributed by atoms with Crippen LogP contribution in [0.15, 0.2) is 36.4 Å². The molecule has 2 aliphatic rings. The smallest absolute Gasteiger partial charge is 0.327 e. The largest absolute Gasteiger partial charge is 0.396 e. The Kier molecular flexibility index (Phi) is 5.73. The van der Waals surface area contributed by atoms with Crippen LogP contribution < -0.4 is 0 Å². The number of benzene rings is 2. The lowest BCUT2D eigenvalue weighted by molar-refractivity contribution is -0.124. The van der Waals surface area contributed by atoms with E-state index in [0.29, 0.717) is 23.7 Å². The van der Waals surface area contributed by atoms with Crippen molar-refractivity contribution in [3.05, 3.63) is 58.1 Å². The van der Waals surface area contributed by atoms with Gasteiger partial charge in [-0.3, -0.25) is 14.5 Å². The van der Waals surface area contributed by atoms with Crippen molar-refractivity contribution in [3.63, 3.8) is 0 Å². The number of carbonyl (C=O) groups excluding carboxylic acids is 3. The molecule has 0 saturated carbocycles. The molecule has 32 heavy (non-hydrogen) atoms. The summed E-state index contributed by atoms with van der Waals surface area (Å²) in [6, 6.07) is 11.1. The number of nitrogens with zero attached hydrogens (tertiary/aromatic N) is 3. The molecule has 0 bridgehead atoms. The number of likely N-dealkylation sites (N-methyl/N-ethyl adjacent to an activating group) is 1. The normalized spacial score (nSPS) is 16.4. The molecular formula is C24H26ClN3O4. The van der Waals surface area contributed by atoms with Gasteiger partial charge in [0.15, 0.2) is 0 Å². The van der Waals surface area contributed by atoms with Crippen LogP contribution in [0.2, 0.25) is 5.02 Å². The lowest BCUT2D eigenvalue weighted by Gasteiger charge is -2.28. The van der Waals surface area contributed by atoms with E-state index in [4.69, 9.17) is 11.6 Å². The number of halogens is 1. The molecule has 0 spiro atoms. The van der Waals surface area contributed by atoms with E-state index in [-0.39, 0.29) is 43.0 Å². The van der Waals surface area contributed by atoms with Crippen molar-refractivity contribution in [1.29, 1.82) is 0 Å². The van der Waals surface area contributed by atoms with Crippen molar-refractivity contribution in [2.24, 2.45) is 5.41 Å². The first-order valence-corrected chi connectivity index (χ1v) is 10.8. The first kappa shape index (κ1) is 22.3. The Bertz CT molecular complexity index is 1110. The Balaban J connectivity index is 1.52. The van der Waals surface area contributed by atoms with Crippen LogP contribution >= 0.6 is 11.6 Å². The Labute approximate surface area is 192 Å². The fourth-order valence-corrected chi connectivity index (χ4v) is 4.34. The average molecular weight is 456 g/mol. The summed E-state index contributed by atoms with van der Waals surface area (Å²) in [6.07, 6.45) is 0. The van der Waals surface area contributed by atoms with E-state index in [0.717, 1.165) is 27.2 Å². The predicted octanol–water partition coefficient (Wildman–Crippen LogP) is 3.38. The zero-order valence-corrected chi connectivity index (χ0v) is 19.1. The zero-order valence-electron chi connectivity index (χ0n) is 18.4. The van der Waals surface area contributed by atoms with Gasteiger partial charge in [0.1, 0.15) is 6.54 Å². The highest BCUT2D eigenvalue weighted by molar-refractivity contribution is 6.31. The summed E-state index contributed by atoms with van der Waals surface area (Å²) >= 11 is 6.51. The number of hydrogen-bond acceptors (Lipinski definition) is 4. The third-order valence-electron chi connectivity index (χ3n) is 6.04. The number of hydrogen-bond donors (Lipinski definition) is 1. The van der Waals surface area contributed by atoms with Gasteiger partial charge in [-0.15, -0.1) is 0 Å². The monoisotopic (exact) mass is 455 g/mol. The second-order valence-electron chi connectivity index (χ2n) is 9.25. The zero-order chi connectivity index (χ0) is 23.2. The third kappa shape index (κ3) is 4.10. The molecule has 2 aromatic rings. The van der Waals surface area contributed by atoms with Crippen molar-refractivity contribution < 1.29 is 19.5 Å². The SMILES string of the molecule is CN1C(=O)CN(Cc2ccc(-c3ccc4c(c3)CN(CC(C)(C)CO)C4=O)cc2Cl)C1=O. The Morgan fingerprint density at radius 2 is 1.69 bits per heavy atom. The fourth-order valence-electron chi connectivity index (χ4n) is 4.09. The van der Waals surface area contributed by atoms with E-state index in [1.54, 1.807) is 4.90 Å². The lowest BCUT2D eigenvalue weighted by atomic mass is 9.94. The van der Waals surface area contributed by atoms with Crippen LogP contribution in [-0.4, -0.2) is 64.4 Å². The summed E-state index contributed by atoms with van der Waals surface area (Å²) in [7, 11) is 1.47. The fraction of sp³-hybridized carbons (Fsp3) is 0.375. The van der Waals surface area contributed by atoms with Crippen molar-refractivity contribution in [2.45, 2.75) is 26.9 Å². The van der Waals surface area contributed by atoms with E-state index in [9.17, 15) is 19.5 Å². The molecule has 0 radical (unpaired) electrons. The maximum atomic E-state index is 12.7. The van der Waals surface area contributed by atoms with Gasteiger partial charge in [0.25, 0.3) is 5.91 Å². The summed E-state index contributed by atoms with van der Waals surface area (Å²) in [5, 5.41) is 10.1. The highest BCUT2D eigenvalue weighted by Crippen LogP contribution is 2.32. The minimum absolute atomic E-state index is 0.0106. The van der Waals surface area contributed by atoms with Gasteiger partial charge >= 0.3 is 6.03 Å². The molecule has 4 rings (SSSR count). The van der Waals surface area contributed by atoms with Crippen LogP contribution in [0.25, 0.3) is 11.1 Å². The van der Waals surface area contributed by atoms with Crippen LogP contribution in [0.3, 0.4) is 0 Å². The summed E-state index contributed by atoms with van der Waals surface area (Å²) in [6.45, 7) is 5.19. The topological polar surface area (TPSA) is 81.2 Å². The maximum absolute atomic E-state index is 12.7. The maximum Gasteiger partial charge on any atom is 0.327 e. The molecule has 168 valence electrons. The minimum Gasteiger partial charge on any atom is -0.396 e. The number of fused-ring (bicyclic) bond motifs is 1. The number of aliphatic hydroxyl groups excluding tert-OH is 1. The number of urea groups is 1. The first-order valence-electron chi connectivity index (χ1n) is 10.5. The first-order chi connectivity index (χ1) is 15.1. The number of carbonyl (C=O) groups is 3. The number of aliphatic hydroxyl groups is 1. The Hall–Kier alpha value is -2.90. The van der Waals surface area contributed by atoms with Crippen LogP contribution in [-0.2, 0) is 17.9 Å². The molecule has 7 nitrogen and oxygen atoms in total. The second kappa shape index (κ2) is 8.22. The molecule has 0 aliphatic carbocycles. The van der Waals surface area contributed by atoms with E-state index in [1.165, 1.54) is 11.9 Å². The van der Waals surface area contributed by atoms with Gasteiger partial charge in [-0.1, -0.05) is 43.6 Å². The molecule has 2 aliphatic heterocycles. The lowest BCUT2D eigenvalue weighted by Crippen LogP contribution is -2.36. The van der Waals surface area contributed by atoms with Gasteiger partial charge < -0.3 is 14.9 Å². The molecule has 4 amide bonds. The van der Waals surface area contributed by atoms with Crippen LogP contribution in [0.4, 0.5) is 4.79 Å². The van der Waals surface area contributed by atoms with E-state index >= 15 is 0 Å². The number of rotatable bonds is 6. The van der Waals surface area contributed by atoms with Crippen molar-refractivity contribution in [3.8, 4) is 11.1 Å². The molecule has 0 aromatic heterocycles. The molecular weight excluding hydrogens is 430 g/mol. The Morgan fingerprint density at radius 1 is 1.00 bits per heavy atom. The van der Waals surface area contributed by atoms with Crippen molar-refractivity contribution >= 4 is 29.4 Å².